The fraction of sp³-hybridized carbons (Fsp3) is 0.909. The second-order valence-corrected chi connectivity index (χ2v) is 4.32. The van der Waals surface area contributed by atoms with Crippen LogP contribution in [0.15, 0.2) is 0 Å². The first kappa shape index (κ1) is 10.9. The molecular weight excluding hydrogens is 192 g/mol. The summed E-state index contributed by atoms with van der Waals surface area (Å²) in [7, 11) is 0. The third-order valence-electron chi connectivity index (χ3n) is 3.14. The zero-order chi connectivity index (χ0) is 10.7. The maximum absolute atomic E-state index is 11.8. The summed E-state index contributed by atoms with van der Waals surface area (Å²) in [6.45, 7) is 6.29. The number of piperazine rings is 1. The van der Waals surface area contributed by atoms with Gasteiger partial charge in [0.25, 0.3) is 0 Å². The predicted octanol–water partition coefficient (Wildman–Crippen LogP) is 0.233. The number of carbonyl (C=O) groups is 1. The predicted molar refractivity (Wildman–Crippen MR) is 57.6 cm³/mol. The van der Waals surface area contributed by atoms with Crippen LogP contribution in [0.5, 0.6) is 0 Å². The Kier molecular flexibility index (Phi) is 3.59. The summed E-state index contributed by atoms with van der Waals surface area (Å²) in [6, 6.07) is 0.0343. The summed E-state index contributed by atoms with van der Waals surface area (Å²) < 4.78 is 5.16. The summed E-state index contributed by atoms with van der Waals surface area (Å²) in [5.74, 6) is 0.545. The molecule has 1 heterocycles. The van der Waals surface area contributed by atoms with Crippen molar-refractivity contribution in [1.82, 2.24) is 10.2 Å². The molecule has 2 aliphatic rings. The topological polar surface area (TPSA) is 41.6 Å². The van der Waals surface area contributed by atoms with E-state index in [4.69, 9.17) is 4.74 Å². The molecular formula is C11H20N2O2. The summed E-state index contributed by atoms with van der Waals surface area (Å²) in [4.78, 5) is 14.1. The zero-order valence-electron chi connectivity index (χ0n) is 9.37. The zero-order valence-corrected chi connectivity index (χ0v) is 9.37. The molecule has 1 N–H and O–H groups in total. The van der Waals surface area contributed by atoms with E-state index in [1.54, 1.807) is 0 Å². The van der Waals surface area contributed by atoms with Gasteiger partial charge >= 0.3 is 5.97 Å². The quantitative estimate of drug-likeness (QED) is 0.678. The molecule has 2 fully saturated rings. The summed E-state index contributed by atoms with van der Waals surface area (Å²) in [5.41, 5.74) is 0. The minimum Gasteiger partial charge on any atom is -0.465 e. The molecule has 0 spiro atoms. The van der Waals surface area contributed by atoms with Gasteiger partial charge in [0.2, 0.25) is 0 Å². The third-order valence-corrected chi connectivity index (χ3v) is 3.14. The van der Waals surface area contributed by atoms with Gasteiger partial charge in [-0.05, 0) is 25.7 Å². The lowest BCUT2D eigenvalue weighted by molar-refractivity contribution is -0.150. The van der Waals surface area contributed by atoms with Crippen molar-refractivity contribution in [3.8, 4) is 0 Å². The molecule has 2 rings (SSSR count). The fourth-order valence-corrected chi connectivity index (χ4v) is 2.24. The molecule has 0 aromatic heterocycles. The van der Waals surface area contributed by atoms with Gasteiger partial charge in [-0.2, -0.15) is 0 Å². The highest BCUT2D eigenvalue weighted by Gasteiger charge is 2.41. The largest absolute Gasteiger partial charge is 0.465 e. The lowest BCUT2D eigenvalue weighted by atomic mass is 10.1. The molecule has 1 unspecified atom stereocenters. The van der Waals surface area contributed by atoms with E-state index in [1.807, 2.05) is 6.92 Å². The van der Waals surface area contributed by atoms with E-state index in [0.29, 0.717) is 12.5 Å². The van der Waals surface area contributed by atoms with E-state index >= 15 is 0 Å². The van der Waals surface area contributed by atoms with Gasteiger partial charge in [-0.1, -0.05) is 0 Å². The van der Waals surface area contributed by atoms with E-state index in [9.17, 15) is 4.79 Å². The van der Waals surface area contributed by atoms with E-state index in [2.05, 4.69) is 10.2 Å². The first-order valence-electron chi connectivity index (χ1n) is 5.94. The van der Waals surface area contributed by atoms with Crippen molar-refractivity contribution in [2.45, 2.75) is 25.8 Å². The molecule has 86 valence electrons. The molecule has 1 saturated carbocycles. The highest BCUT2D eigenvalue weighted by Crippen LogP contribution is 2.36. The van der Waals surface area contributed by atoms with Crippen molar-refractivity contribution in [3.63, 3.8) is 0 Å². The van der Waals surface area contributed by atoms with Crippen LogP contribution in [0.2, 0.25) is 0 Å². The molecule has 0 aromatic carbocycles. The monoisotopic (exact) mass is 212 g/mol. The van der Waals surface area contributed by atoms with Crippen LogP contribution in [0.1, 0.15) is 19.8 Å². The smallest absolute Gasteiger partial charge is 0.323 e. The van der Waals surface area contributed by atoms with Crippen molar-refractivity contribution < 1.29 is 9.53 Å². The maximum atomic E-state index is 11.8. The summed E-state index contributed by atoms with van der Waals surface area (Å²) in [6.07, 6.45) is 2.38. The average Bonchev–Trinajstić information content (AvgIpc) is 3.04. The molecule has 0 bridgehead atoms. The Morgan fingerprint density at radius 3 is 2.67 bits per heavy atom. The van der Waals surface area contributed by atoms with Crippen molar-refractivity contribution >= 4 is 5.97 Å². The second-order valence-electron chi connectivity index (χ2n) is 4.32. The lowest BCUT2D eigenvalue weighted by Gasteiger charge is -2.33. The van der Waals surface area contributed by atoms with Crippen LogP contribution >= 0.6 is 0 Å². The minimum atomic E-state index is -0.0121. The van der Waals surface area contributed by atoms with E-state index < -0.39 is 0 Å². The molecule has 4 heteroatoms. The van der Waals surface area contributed by atoms with Gasteiger partial charge < -0.3 is 10.1 Å². The third kappa shape index (κ3) is 2.69. The molecule has 1 saturated heterocycles. The lowest BCUT2D eigenvalue weighted by Crippen LogP contribution is -2.52. The molecule has 1 atom stereocenters. The average molecular weight is 212 g/mol. The van der Waals surface area contributed by atoms with Gasteiger partial charge in [0.05, 0.1) is 6.61 Å². The van der Waals surface area contributed by atoms with E-state index in [1.165, 1.54) is 12.8 Å². The highest BCUT2D eigenvalue weighted by atomic mass is 16.5. The van der Waals surface area contributed by atoms with Gasteiger partial charge in [0, 0.05) is 26.2 Å². The Balaban J connectivity index is 1.94. The second kappa shape index (κ2) is 4.94. The molecule has 0 amide bonds. The van der Waals surface area contributed by atoms with Crippen molar-refractivity contribution in [3.05, 3.63) is 0 Å². The normalized spacial score (nSPS) is 24.9. The molecule has 4 nitrogen and oxygen atoms in total. The van der Waals surface area contributed by atoms with Crippen LogP contribution in [-0.4, -0.2) is 49.7 Å². The Bertz CT molecular complexity index is 223. The van der Waals surface area contributed by atoms with Crippen LogP contribution in [0.4, 0.5) is 0 Å². The number of hydrogen-bond donors (Lipinski definition) is 1. The fourth-order valence-electron chi connectivity index (χ4n) is 2.24. The Morgan fingerprint density at radius 1 is 1.47 bits per heavy atom. The van der Waals surface area contributed by atoms with Gasteiger partial charge in [0.15, 0.2) is 0 Å². The SMILES string of the molecule is CCOC(=O)C(C1CC1)N1CCNCC1. The number of hydrogen-bond acceptors (Lipinski definition) is 4. The van der Waals surface area contributed by atoms with E-state index in [-0.39, 0.29) is 12.0 Å². The standard InChI is InChI=1S/C11H20N2O2/c1-2-15-11(14)10(9-3-4-9)13-7-5-12-6-8-13/h9-10,12H,2-8H2,1H3. The number of carbonyl (C=O) groups excluding carboxylic acids is 1. The molecule has 0 aromatic rings. The Labute approximate surface area is 91.0 Å². The first-order valence-corrected chi connectivity index (χ1v) is 5.94. The highest BCUT2D eigenvalue weighted by molar-refractivity contribution is 5.76. The van der Waals surface area contributed by atoms with Crippen LogP contribution in [0.3, 0.4) is 0 Å². The Hall–Kier alpha value is -0.610. The van der Waals surface area contributed by atoms with E-state index in [0.717, 1.165) is 26.2 Å². The van der Waals surface area contributed by atoms with Crippen molar-refractivity contribution in [1.29, 1.82) is 0 Å². The molecule has 0 radical (unpaired) electrons. The molecule has 1 aliphatic heterocycles. The number of nitrogens with zero attached hydrogens (tertiary/aromatic N) is 1. The van der Waals surface area contributed by atoms with Crippen molar-refractivity contribution in [2.75, 3.05) is 32.8 Å². The Morgan fingerprint density at radius 2 is 2.13 bits per heavy atom. The minimum absolute atomic E-state index is 0.0121. The molecule has 1 aliphatic carbocycles. The van der Waals surface area contributed by atoms with Crippen LogP contribution in [0, 0.1) is 5.92 Å². The first-order chi connectivity index (χ1) is 7.33. The van der Waals surface area contributed by atoms with Crippen molar-refractivity contribution in [2.24, 2.45) is 5.92 Å². The van der Waals surface area contributed by atoms with Gasteiger partial charge in [-0.15, -0.1) is 0 Å². The maximum Gasteiger partial charge on any atom is 0.323 e. The summed E-state index contributed by atoms with van der Waals surface area (Å²) >= 11 is 0. The van der Waals surface area contributed by atoms with Gasteiger partial charge in [-0.3, -0.25) is 9.69 Å². The van der Waals surface area contributed by atoms with Crippen LogP contribution in [0.25, 0.3) is 0 Å². The van der Waals surface area contributed by atoms with Gasteiger partial charge in [-0.25, -0.2) is 0 Å². The number of esters is 1. The number of rotatable bonds is 4. The molecule has 15 heavy (non-hydrogen) atoms. The van der Waals surface area contributed by atoms with Crippen LogP contribution < -0.4 is 5.32 Å². The van der Waals surface area contributed by atoms with Crippen LogP contribution in [-0.2, 0) is 9.53 Å². The van der Waals surface area contributed by atoms with Gasteiger partial charge in [0.1, 0.15) is 6.04 Å². The number of ether oxygens (including phenoxy) is 1. The summed E-state index contributed by atoms with van der Waals surface area (Å²) in [5, 5.41) is 3.31. The number of nitrogens with one attached hydrogen (secondary N) is 1.